The third kappa shape index (κ3) is 2.98. The lowest BCUT2D eigenvalue weighted by Crippen LogP contribution is -2.42. The van der Waals surface area contributed by atoms with Crippen molar-refractivity contribution in [3.8, 4) is 5.75 Å². The van der Waals surface area contributed by atoms with Crippen molar-refractivity contribution in [1.29, 1.82) is 0 Å². The Hall–Kier alpha value is -2.04. The highest BCUT2D eigenvalue weighted by Gasteiger charge is 2.13. The second-order valence-corrected chi connectivity index (χ2v) is 3.15. The number of nitrogens with two attached hydrogens (primary N) is 1. The second-order valence-electron chi connectivity index (χ2n) is 3.15. The summed E-state index contributed by atoms with van der Waals surface area (Å²) in [5, 5.41) is 11.5. The summed E-state index contributed by atoms with van der Waals surface area (Å²) in [6, 6.07) is 5.10. The van der Waals surface area contributed by atoms with Crippen LogP contribution in [0.2, 0.25) is 0 Å². The monoisotopic (exact) mass is 208 g/mol. The van der Waals surface area contributed by atoms with E-state index in [1.54, 1.807) is 6.07 Å². The molecule has 1 aromatic carbocycles. The predicted octanol–water partition coefficient (Wildman–Crippen LogP) is -0.00420. The third-order valence-corrected chi connectivity index (χ3v) is 1.88. The molecule has 0 heterocycles. The van der Waals surface area contributed by atoms with Crippen LogP contribution in [0.25, 0.3) is 0 Å². The highest BCUT2D eigenvalue weighted by molar-refractivity contribution is 5.97. The SMILES string of the molecule is C[C@H](NC(=O)c1cccc(O)c1)C(N)=O. The molecule has 5 heteroatoms. The number of hydrogen-bond donors (Lipinski definition) is 3. The molecule has 5 nitrogen and oxygen atoms in total. The Morgan fingerprint density at radius 2 is 2.13 bits per heavy atom. The van der Waals surface area contributed by atoms with Crippen LogP contribution in [-0.2, 0) is 4.79 Å². The lowest BCUT2D eigenvalue weighted by atomic mass is 10.2. The number of nitrogens with one attached hydrogen (secondary N) is 1. The number of carbonyl (C=O) groups excluding carboxylic acids is 2. The number of primary amides is 1. The Kier molecular flexibility index (Phi) is 3.28. The quantitative estimate of drug-likeness (QED) is 0.652. The largest absolute Gasteiger partial charge is 0.508 e. The summed E-state index contributed by atoms with van der Waals surface area (Å²) in [6.45, 7) is 1.49. The molecule has 0 unspecified atom stereocenters. The number of amides is 2. The van der Waals surface area contributed by atoms with Crippen LogP contribution >= 0.6 is 0 Å². The van der Waals surface area contributed by atoms with Gasteiger partial charge in [0.15, 0.2) is 0 Å². The van der Waals surface area contributed by atoms with Gasteiger partial charge in [-0.1, -0.05) is 6.07 Å². The topological polar surface area (TPSA) is 92.4 Å². The summed E-state index contributed by atoms with van der Waals surface area (Å²) in [6.07, 6.45) is 0. The first-order valence-corrected chi connectivity index (χ1v) is 4.40. The standard InChI is InChI=1S/C10H12N2O3/c1-6(9(11)14)12-10(15)7-3-2-4-8(13)5-7/h2-6,13H,1H3,(H2,11,14)(H,12,15)/t6-/m0/s1. The van der Waals surface area contributed by atoms with Crippen LogP contribution in [0, 0.1) is 0 Å². The molecule has 4 N–H and O–H groups in total. The fourth-order valence-corrected chi connectivity index (χ4v) is 0.998. The van der Waals surface area contributed by atoms with Crippen LogP contribution in [0.15, 0.2) is 24.3 Å². The van der Waals surface area contributed by atoms with Crippen molar-refractivity contribution in [2.45, 2.75) is 13.0 Å². The molecule has 0 radical (unpaired) electrons. The van der Waals surface area contributed by atoms with Crippen molar-refractivity contribution in [3.63, 3.8) is 0 Å². The molecule has 0 saturated heterocycles. The highest BCUT2D eigenvalue weighted by atomic mass is 16.3. The zero-order valence-corrected chi connectivity index (χ0v) is 8.23. The Labute approximate surface area is 86.9 Å². The Balaban J connectivity index is 2.73. The maximum atomic E-state index is 11.5. The molecule has 0 fully saturated rings. The van der Waals surface area contributed by atoms with Gasteiger partial charge in [0.2, 0.25) is 5.91 Å². The zero-order valence-electron chi connectivity index (χ0n) is 8.23. The molecule has 0 bridgehead atoms. The predicted molar refractivity (Wildman–Crippen MR) is 54.2 cm³/mol. The molecule has 80 valence electrons. The molecular formula is C10H12N2O3. The van der Waals surface area contributed by atoms with E-state index in [-0.39, 0.29) is 11.3 Å². The fourth-order valence-electron chi connectivity index (χ4n) is 0.998. The van der Waals surface area contributed by atoms with E-state index in [0.29, 0.717) is 0 Å². The second kappa shape index (κ2) is 4.45. The molecule has 0 saturated carbocycles. The fraction of sp³-hybridized carbons (Fsp3) is 0.200. The van der Waals surface area contributed by atoms with E-state index < -0.39 is 17.9 Å². The molecule has 1 atom stereocenters. The molecule has 2 amide bonds. The maximum absolute atomic E-state index is 11.5. The van der Waals surface area contributed by atoms with Crippen LogP contribution in [-0.4, -0.2) is 23.0 Å². The van der Waals surface area contributed by atoms with Crippen LogP contribution in [0.3, 0.4) is 0 Å². The van der Waals surface area contributed by atoms with E-state index in [1.165, 1.54) is 25.1 Å². The molecule has 1 aromatic rings. The van der Waals surface area contributed by atoms with Gasteiger partial charge in [-0.15, -0.1) is 0 Å². The molecule has 15 heavy (non-hydrogen) atoms. The molecule has 0 spiro atoms. The van der Waals surface area contributed by atoms with Crippen LogP contribution in [0.4, 0.5) is 0 Å². The Morgan fingerprint density at radius 1 is 1.47 bits per heavy atom. The van der Waals surface area contributed by atoms with Gasteiger partial charge < -0.3 is 16.2 Å². The van der Waals surface area contributed by atoms with Gasteiger partial charge in [0, 0.05) is 5.56 Å². The Morgan fingerprint density at radius 3 is 2.67 bits per heavy atom. The van der Waals surface area contributed by atoms with Crippen molar-refractivity contribution < 1.29 is 14.7 Å². The average Bonchev–Trinajstić information content (AvgIpc) is 2.17. The maximum Gasteiger partial charge on any atom is 0.252 e. The minimum atomic E-state index is -0.736. The average molecular weight is 208 g/mol. The number of hydrogen-bond acceptors (Lipinski definition) is 3. The van der Waals surface area contributed by atoms with Gasteiger partial charge in [-0.2, -0.15) is 0 Å². The number of carbonyl (C=O) groups is 2. The zero-order chi connectivity index (χ0) is 11.4. The van der Waals surface area contributed by atoms with Crippen molar-refractivity contribution in [1.82, 2.24) is 5.32 Å². The first-order valence-electron chi connectivity index (χ1n) is 4.40. The van der Waals surface area contributed by atoms with E-state index in [2.05, 4.69) is 5.32 Å². The number of phenolic OH excluding ortho intramolecular Hbond substituents is 1. The number of aromatic hydroxyl groups is 1. The van der Waals surface area contributed by atoms with E-state index in [9.17, 15) is 9.59 Å². The van der Waals surface area contributed by atoms with Gasteiger partial charge in [-0.3, -0.25) is 9.59 Å². The number of phenols is 1. The van der Waals surface area contributed by atoms with E-state index in [0.717, 1.165) is 0 Å². The first-order chi connectivity index (χ1) is 7.00. The van der Waals surface area contributed by atoms with Crippen molar-refractivity contribution in [3.05, 3.63) is 29.8 Å². The third-order valence-electron chi connectivity index (χ3n) is 1.88. The van der Waals surface area contributed by atoms with Gasteiger partial charge in [0.05, 0.1) is 0 Å². The van der Waals surface area contributed by atoms with Crippen LogP contribution in [0.1, 0.15) is 17.3 Å². The number of rotatable bonds is 3. The van der Waals surface area contributed by atoms with Gasteiger partial charge in [0.25, 0.3) is 5.91 Å². The lowest BCUT2D eigenvalue weighted by molar-refractivity contribution is -0.119. The van der Waals surface area contributed by atoms with Gasteiger partial charge >= 0.3 is 0 Å². The van der Waals surface area contributed by atoms with E-state index in [4.69, 9.17) is 10.8 Å². The molecule has 0 aromatic heterocycles. The first kappa shape index (κ1) is 11.0. The molecule has 0 aliphatic rings. The van der Waals surface area contributed by atoms with Crippen molar-refractivity contribution in [2.75, 3.05) is 0 Å². The van der Waals surface area contributed by atoms with Gasteiger partial charge in [0.1, 0.15) is 11.8 Å². The summed E-state index contributed by atoms with van der Waals surface area (Å²) >= 11 is 0. The van der Waals surface area contributed by atoms with Crippen LogP contribution in [0.5, 0.6) is 5.75 Å². The highest BCUT2D eigenvalue weighted by Crippen LogP contribution is 2.10. The lowest BCUT2D eigenvalue weighted by Gasteiger charge is -2.09. The van der Waals surface area contributed by atoms with Crippen LogP contribution < -0.4 is 11.1 Å². The summed E-state index contributed by atoms with van der Waals surface area (Å²) in [5.74, 6) is -1.06. The molecule has 0 aliphatic heterocycles. The smallest absolute Gasteiger partial charge is 0.252 e. The summed E-state index contributed by atoms with van der Waals surface area (Å²) in [4.78, 5) is 22.2. The van der Waals surface area contributed by atoms with Gasteiger partial charge in [-0.05, 0) is 25.1 Å². The van der Waals surface area contributed by atoms with Gasteiger partial charge in [-0.25, -0.2) is 0 Å². The summed E-state index contributed by atoms with van der Waals surface area (Å²) in [5.41, 5.74) is 5.27. The summed E-state index contributed by atoms with van der Waals surface area (Å²) < 4.78 is 0. The van der Waals surface area contributed by atoms with E-state index in [1.807, 2.05) is 0 Å². The minimum Gasteiger partial charge on any atom is -0.508 e. The molecular weight excluding hydrogens is 196 g/mol. The minimum absolute atomic E-state index is 0.00521. The van der Waals surface area contributed by atoms with Crippen molar-refractivity contribution >= 4 is 11.8 Å². The Bertz CT molecular complexity index is 390. The number of benzene rings is 1. The van der Waals surface area contributed by atoms with E-state index >= 15 is 0 Å². The molecule has 0 aliphatic carbocycles. The summed E-state index contributed by atoms with van der Waals surface area (Å²) in [7, 11) is 0. The van der Waals surface area contributed by atoms with Crippen molar-refractivity contribution in [2.24, 2.45) is 5.73 Å². The molecule has 1 rings (SSSR count). The normalized spacial score (nSPS) is 11.8.